The van der Waals surface area contributed by atoms with Gasteiger partial charge in [0.05, 0.1) is 6.54 Å². The van der Waals surface area contributed by atoms with Gasteiger partial charge in [0.1, 0.15) is 0 Å². The van der Waals surface area contributed by atoms with Crippen LogP contribution in [0.25, 0.3) is 0 Å². The smallest absolute Gasteiger partial charge is 0.254 e. The third-order valence-electron chi connectivity index (χ3n) is 4.10. The lowest BCUT2D eigenvalue weighted by Crippen LogP contribution is -2.35. The summed E-state index contributed by atoms with van der Waals surface area (Å²) in [5.74, 6) is -0.506. The Kier molecular flexibility index (Phi) is 6.32. The van der Waals surface area contributed by atoms with Crippen molar-refractivity contribution >= 4 is 28.3 Å². The first kappa shape index (κ1) is 19.8. The van der Waals surface area contributed by atoms with Crippen molar-refractivity contribution in [2.45, 2.75) is 25.7 Å². The number of nitrogens with one attached hydrogen (secondary N) is 1. The number of nitrogens with zero attached hydrogens (tertiary/aromatic N) is 1. The molecule has 138 valence electrons. The predicted octanol–water partition coefficient (Wildman–Crippen LogP) is 3.06. The van der Waals surface area contributed by atoms with Gasteiger partial charge in [-0.3, -0.25) is 13.8 Å². The van der Waals surface area contributed by atoms with Gasteiger partial charge in [0.15, 0.2) is 0 Å². The summed E-state index contributed by atoms with van der Waals surface area (Å²) >= 11 is 0. The van der Waals surface area contributed by atoms with Crippen molar-refractivity contribution in [2.75, 3.05) is 25.2 Å². The predicted molar refractivity (Wildman–Crippen MR) is 105 cm³/mol. The second kappa shape index (κ2) is 8.27. The van der Waals surface area contributed by atoms with Gasteiger partial charge < -0.3 is 10.2 Å². The molecule has 0 aromatic heterocycles. The summed E-state index contributed by atoms with van der Waals surface area (Å²) in [6.45, 7) is 5.86. The van der Waals surface area contributed by atoms with Gasteiger partial charge in [-0.1, -0.05) is 17.7 Å². The molecule has 2 amide bonds. The molecule has 1 N–H and O–H groups in total. The van der Waals surface area contributed by atoms with E-state index in [0.717, 1.165) is 22.4 Å². The van der Waals surface area contributed by atoms with Crippen molar-refractivity contribution in [3.05, 3.63) is 58.7 Å². The van der Waals surface area contributed by atoms with Crippen LogP contribution < -0.4 is 5.32 Å². The minimum Gasteiger partial charge on any atom is -0.332 e. The van der Waals surface area contributed by atoms with Gasteiger partial charge >= 0.3 is 0 Å². The molecule has 1 atom stereocenters. The van der Waals surface area contributed by atoms with Crippen LogP contribution in [0.4, 0.5) is 5.69 Å². The topological polar surface area (TPSA) is 66.5 Å². The van der Waals surface area contributed by atoms with Gasteiger partial charge in [-0.2, -0.15) is 0 Å². The summed E-state index contributed by atoms with van der Waals surface area (Å²) in [4.78, 5) is 26.8. The van der Waals surface area contributed by atoms with Crippen molar-refractivity contribution < 1.29 is 13.8 Å². The van der Waals surface area contributed by atoms with Crippen molar-refractivity contribution in [3.8, 4) is 0 Å². The lowest BCUT2D eigenvalue weighted by Gasteiger charge is -2.18. The molecule has 0 saturated carbocycles. The van der Waals surface area contributed by atoms with Crippen LogP contribution in [0.15, 0.2) is 41.3 Å². The Hall–Kier alpha value is -2.47. The van der Waals surface area contributed by atoms with E-state index in [9.17, 15) is 13.8 Å². The standard InChI is InChI=1S/C20H24N2O3S/c1-13-10-14(2)19(15(3)11-13)21-18(23)12-22(4)20(24)16-6-8-17(9-7-16)26(5)25/h6-11H,12H2,1-5H3,(H,21,23). The molecule has 1 unspecified atom stereocenters. The highest BCUT2D eigenvalue weighted by atomic mass is 32.2. The summed E-state index contributed by atoms with van der Waals surface area (Å²) in [6.07, 6.45) is 1.59. The zero-order valence-electron chi connectivity index (χ0n) is 15.8. The fourth-order valence-corrected chi connectivity index (χ4v) is 3.37. The number of carbonyl (C=O) groups excluding carboxylic acids is 2. The maximum absolute atomic E-state index is 12.5. The van der Waals surface area contributed by atoms with Gasteiger partial charge in [0.2, 0.25) is 5.91 Å². The van der Waals surface area contributed by atoms with Crippen LogP contribution in [-0.4, -0.2) is 40.8 Å². The number of anilines is 1. The molecule has 2 aromatic rings. The first-order valence-corrected chi connectivity index (χ1v) is 9.81. The maximum atomic E-state index is 12.5. The van der Waals surface area contributed by atoms with Gasteiger partial charge in [-0.15, -0.1) is 0 Å². The normalized spacial score (nSPS) is 11.7. The Bertz CT molecular complexity index is 837. The van der Waals surface area contributed by atoms with Gasteiger partial charge in [0, 0.05) is 40.2 Å². The number of aryl methyl sites for hydroxylation is 3. The minimum atomic E-state index is -1.09. The van der Waals surface area contributed by atoms with E-state index < -0.39 is 10.8 Å². The second-order valence-corrected chi connectivity index (χ2v) is 7.84. The number of amides is 2. The molecule has 0 aliphatic carbocycles. The third kappa shape index (κ3) is 4.79. The maximum Gasteiger partial charge on any atom is 0.254 e. The van der Waals surface area contributed by atoms with Gasteiger partial charge in [-0.25, -0.2) is 0 Å². The van der Waals surface area contributed by atoms with Crippen molar-refractivity contribution in [1.29, 1.82) is 0 Å². The number of benzene rings is 2. The highest BCUT2D eigenvalue weighted by molar-refractivity contribution is 7.84. The molecular formula is C20H24N2O3S. The van der Waals surface area contributed by atoms with Crippen LogP contribution in [0.3, 0.4) is 0 Å². The highest BCUT2D eigenvalue weighted by Gasteiger charge is 2.16. The molecule has 0 heterocycles. The molecule has 2 rings (SSSR count). The summed E-state index contributed by atoms with van der Waals surface area (Å²) in [5, 5.41) is 2.89. The molecular weight excluding hydrogens is 348 g/mol. The quantitative estimate of drug-likeness (QED) is 0.877. The summed E-state index contributed by atoms with van der Waals surface area (Å²) in [7, 11) is 0.498. The lowest BCUT2D eigenvalue weighted by molar-refractivity contribution is -0.116. The second-order valence-electron chi connectivity index (χ2n) is 6.46. The molecule has 0 aliphatic heterocycles. The molecule has 0 aliphatic rings. The van der Waals surface area contributed by atoms with E-state index in [-0.39, 0.29) is 18.4 Å². The lowest BCUT2D eigenvalue weighted by atomic mass is 10.1. The van der Waals surface area contributed by atoms with Gasteiger partial charge in [0.25, 0.3) is 5.91 Å². The van der Waals surface area contributed by atoms with Crippen LogP contribution in [0.2, 0.25) is 0 Å². The van der Waals surface area contributed by atoms with Crippen molar-refractivity contribution in [1.82, 2.24) is 4.90 Å². The Morgan fingerprint density at radius 2 is 1.58 bits per heavy atom. The van der Waals surface area contributed by atoms with Crippen LogP contribution in [-0.2, 0) is 15.6 Å². The first-order chi connectivity index (χ1) is 12.2. The zero-order valence-corrected chi connectivity index (χ0v) is 16.6. The largest absolute Gasteiger partial charge is 0.332 e. The van der Waals surface area contributed by atoms with Gasteiger partial charge in [-0.05, 0) is 56.2 Å². The Labute approximate surface area is 156 Å². The van der Waals surface area contributed by atoms with E-state index in [1.807, 2.05) is 32.9 Å². The zero-order chi connectivity index (χ0) is 19.4. The average molecular weight is 372 g/mol. The highest BCUT2D eigenvalue weighted by Crippen LogP contribution is 2.21. The Morgan fingerprint density at radius 3 is 2.08 bits per heavy atom. The molecule has 0 bridgehead atoms. The van der Waals surface area contributed by atoms with E-state index in [1.165, 1.54) is 4.90 Å². The van der Waals surface area contributed by atoms with Crippen LogP contribution >= 0.6 is 0 Å². The molecule has 5 nitrogen and oxygen atoms in total. The van der Waals surface area contributed by atoms with E-state index in [4.69, 9.17) is 0 Å². The molecule has 0 spiro atoms. The number of hydrogen-bond acceptors (Lipinski definition) is 3. The Balaban J connectivity index is 2.04. The van der Waals surface area contributed by atoms with E-state index >= 15 is 0 Å². The van der Waals surface area contributed by atoms with Crippen molar-refractivity contribution in [3.63, 3.8) is 0 Å². The monoisotopic (exact) mass is 372 g/mol. The minimum absolute atomic E-state index is 0.0486. The fourth-order valence-electron chi connectivity index (χ4n) is 2.85. The number of likely N-dealkylation sites (N-methyl/N-ethyl adjacent to an activating group) is 1. The SMILES string of the molecule is Cc1cc(C)c(NC(=O)CN(C)C(=O)c2ccc(S(C)=O)cc2)c(C)c1. The first-order valence-electron chi connectivity index (χ1n) is 8.25. The Morgan fingerprint density at radius 1 is 1.04 bits per heavy atom. The van der Waals surface area contributed by atoms with Crippen LogP contribution in [0.1, 0.15) is 27.0 Å². The molecule has 6 heteroatoms. The van der Waals surface area contributed by atoms with E-state index in [0.29, 0.717) is 10.5 Å². The number of hydrogen-bond donors (Lipinski definition) is 1. The van der Waals surface area contributed by atoms with Crippen LogP contribution in [0.5, 0.6) is 0 Å². The molecule has 2 aromatic carbocycles. The molecule has 26 heavy (non-hydrogen) atoms. The molecule has 0 saturated heterocycles. The van der Waals surface area contributed by atoms with Crippen molar-refractivity contribution in [2.24, 2.45) is 0 Å². The third-order valence-corrected chi connectivity index (χ3v) is 5.04. The molecule has 0 fully saturated rings. The summed E-state index contributed by atoms with van der Waals surface area (Å²) in [6, 6.07) is 10.6. The van der Waals surface area contributed by atoms with E-state index in [2.05, 4.69) is 5.32 Å². The molecule has 0 radical (unpaired) electrons. The van der Waals surface area contributed by atoms with Crippen LogP contribution in [0, 0.1) is 20.8 Å². The summed E-state index contributed by atoms with van der Waals surface area (Å²) in [5.41, 5.74) is 4.37. The number of carbonyl (C=O) groups is 2. The average Bonchev–Trinajstić information content (AvgIpc) is 2.57. The fraction of sp³-hybridized carbons (Fsp3) is 0.300. The number of rotatable bonds is 5. The summed E-state index contributed by atoms with van der Waals surface area (Å²) < 4.78 is 11.4. The van der Waals surface area contributed by atoms with E-state index in [1.54, 1.807) is 37.6 Å².